The summed E-state index contributed by atoms with van der Waals surface area (Å²) in [6.07, 6.45) is 9.82. The van der Waals surface area contributed by atoms with Gasteiger partial charge in [-0.15, -0.1) is 12.3 Å². The lowest BCUT2D eigenvalue weighted by Crippen LogP contribution is -1.42. The summed E-state index contributed by atoms with van der Waals surface area (Å²) in [4.78, 5) is 0. The van der Waals surface area contributed by atoms with E-state index in [0.29, 0.717) is 0 Å². The van der Waals surface area contributed by atoms with Crippen LogP contribution in [0, 0.1) is 0 Å². The smallest absolute Gasteiger partial charge is 0.0303 e. The predicted octanol–water partition coefficient (Wildman–Crippen LogP) is 5.80. The minimum atomic E-state index is 0. The predicted molar refractivity (Wildman–Crippen MR) is 79.6 cm³/mol. The van der Waals surface area contributed by atoms with Gasteiger partial charge in [0.05, 0.1) is 0 Å². The number of hydrogen-bond donors (Lipinski definition) is 1. The molecule has 0 amide bonds. The monoisotopic (exact) mass is 228 g/mol. The lowest BCUT2D eigenvalue weighted by molar-refractivity contribution is 1.23. The summed E-state index contributed by atoms with van der Waals surface area (Å²) >= 11 is 3.82. The molecule has 0 rings (SSSR count). The summed E-state index contributed by atoms with van der Waals surface area (Å²) in [6, 6.07) is 0. The molecule has 90 valence electrons. The second-order valence-electron chi connectivity index (χ2n) is 2.27. The van der Waals surface area contributed by atoms with Crippen LogP contribution in [0.3, 0.4) is 0 Å². The number of hydrogen-bond acceptors (Lipinski definition) is 1. The Morgan fingerprint density at radius 2 is 1.67 bits per heavy atom. The molecule has 0 aliphatic heterocycles. The highest BCUT2D eigenvalue weighted by molar-refractivity contribution is 7.83. The molecule has 0 atom stereocenters. The van der Waals surface area contributed by atoms with E-state index >= 15 is 0 Å². The highest BCUT2D eigenvalue weighted by Gasteiger charge is 1.53. The van der Waals surface area contributed by atoms with Gasteiger partial charge >= 0.3 is 0 Å². The average Bonchev–Trinajstić information content (AvgIpc) is 2.18. The Morgan fingerprint density at radius 3 is 1.73 bits per heavy atom. The maximum atomic E-state index is 3.82. The zero-order valence-electron chi connectivity index (χ0n) is 9.96. The zero-order chi connectivity index (χ0) is 11.7. The van der Waals surface area contributed by atoms with Crippen molar-refractivity contribution in [2.75, 3.05) is 0 Å². The molecule has 0 nitrogen and oxygen atoms in total. The quantitative estimate of drug-likeness (QED) is 0.345. The van der Waals surface area contributed by atoms with E-state index in [2.05, 4.69) is 38.8 Å². The summed E-state index contributed by atoms with van der Waals surface area (Å²) in [5, 5.41) is 1.75. The molecular weight excluding hydrogens is 200 g/mol. The summed E-state index contributed by atoms with van der Waals surface area (Å²) in [7, 11) is 0. The van der Waals surface area contributed by atoms with E-state index in [4.69, 9.17) is 0 Å². The van der Waals surface area contributed by atoms with Crippen molar-refractivity contribution in [2.24, 2.45) is 0 Å². The van der Waals surface area contributed by atoms with Gasteiger partial charge in [-0.25, -0.2) is 0 Å². The highest BCUT2D eigenvalue weighted by atomic mass is 32.1. The molecule has 0 saturated heterocycles. The molecule has 0 fully saturated rings. The van der Waals surface area contributed by atoms with Crippen LogP contribution in [0.4, 0.5) is 0 Å². The first-order valence-corrected chi connectivity index (χ1v) is 5.48. The summed E-state index contributed by atoms with van der Waals surface area (Å²) < 4.78 is 0. The molecule has 0 saturated carbocycles. The van der Waals surface area contributed by atoms with Crippen molar-refractivity contribution >= 4 is 12.6 Å². The Bertz CT molecular complexity index is 160. The fourth-order valence-electron chi connectivity index (χ4n) is 0.341. The van der Waals surface area contributed by atoms with E-state index in [9.17, 15) is 0 Å². The molecule has 0 aliphatic rings. The topological polar surface area (TPSA) is 0 Å². The summed E-state index contributed by atoms with van der Waals surface area (Å²) in [5.41, 5.74) is 2.95. The number of allylic oxidation sites excluding steroid dienone is 3. The van der Waals surface area contributed by atoms with Crippen molar-refractivity contribution in [1.29, 1.82) is 0 Å². The minimum Gasteiger partial charge on any atom is -0.152 e. The van der Waals surface area contributed by atoms with Gasteiger partial charge in [-0.3, -0.25) is 0 Å². The van der Waals surface area contributed by atoms with Gasteiger partial charge in [-0.1, -0.05) is 33.4 Å². The van der Waals surface area contributed by atoms with Gasteiger partial charge in [0, 0.05) is 0 Å². The second kappa shape index (κ2) is 37.7. The maximum absolute atomic E-state index is 3.82. The summed E-state index contributed by atoms with van der Waals surface area (Å²) in [6.45, 7) is 11.4. The molecule has 0 N–H and O–H groups in total. The van der Waals surface area contributed by atoms with Crippen LogP contribution < -0.4 is 0 Å². The Hall–Kier alpha value is -0.650. The molecule has 0 radical (unpaired) electrons. The largest absolute Gasteiger partial charge is 0.152 e. The Kier molecular flexibility index (Phi) is 60.0. The Morgan fingerprint density at radius 1 is 1.20 bits per heavy atom. The van der Waals surface area contributed by atoms with Gasteiger partial charge in [0.1, 0.15) is 0 Å². The lowest BCUT2D eigenvalue weighted by Gasteiger charge is -1.64. The van der Waals surface area contributed by atoms with Crippen molar-refractivity contribution < 1.29 is 0 Å². The van der Waals surface area contributed by atoms with Crippen LogP contribution in [-0.2, 0) is 0 Å². The third kappa shape index (κ3) is 90.9. The van der Waals surface area contributed by atoms with E-state index in [1.807, 2.05) is 32.1 Å². The average molecular weight is 228 g/mol. The molecule has 0 aromatic rings. The van der Waals surface area contributed by atoms with Crippen LogP contribution in [0.15, 0.2) is 42.0 Å². The van der Waals surface area contributed by atoms with Crippen molar-refractivity contribution in [3.05, 3.63) is 42.0 Å². The van der Waals surface area contributed by atoms with Gasteiger partial charge < -0.3 is 0 Å². The highest BCUT2D eigenvalue weighted by Crippen LogP contribution is 1.79. The molecule has 1 heteroatoms. The SMILES string of the molecule is C.C=CC.CC=C=CCC.CCC=CS. The summed E-state index contributed by atoms with van der Waals surface area (Å²) in [5.74, 6) is 0. The van der Waals surface area contributed by atoms with Gasteiger partial charge in [-0.2, -0.15) is 12.6 Å². The zero-order valence-corrected chi connectivity index (χ0v) is 10.8. The minimum absolute atomic E-state index is 0. The van der Waals surface area contributed by atoms with E-state index in [-0.39, 0.29) is 7.43 Å². The van der Waals surface area contributed by atoms with Gasteiger partial charge in [0.25, 0.3) is 0 Å². The molecule has 0 unspecified atom stereocenters. The van der Waals surface area contributed by atoms with E-state index in [1.165, 1.54) is 0 Å². The first-order valence-electron chi connectivity index (χ1n) is 4.96. The van der Waals surface area contributed by atoms with Gasteiger partial charge in [-0.05, 0) is 44.2 Å². The molecular formula is C14H28S. The first kappa shape index (κ1) is 23.9. The van der Waals surface area contributed by atoms with Crippen LogP contribution in [0.5, 0.6) is 0 Å². The fraction of sp³-hybridized carbons (Fsp3) is 0.500. The molecule has 0 bridgehead atoms. The molecule has 15 heavy (non-hydrogen) atoms. The number of thiol groups is 1. The normalized spacial score (nSPS) is 6.73. The third-order valence-corrected chi connectivity index (χ3v) is 1.04. The van der Waals surface area contributed by atoms with E-state index < -0.39 is 0 Å². The second-order valence-corrected chi connectivity index (χ2v) is 2.57. The lowest BCUT2D eigenvalue weighted by atomic mass is 10.4. The van der Waals surface area contributed by atoms with Crippen LogP contribution in [0.1, 0.15) is 48.0 Å². The third-order valence-electron chi connectivity index (χ3n) is 0.830. The van der Waals surface area contributed by atoms with Crippen LogP contribution in [0.25, 0.3) is 0 Å². The number of rotatable bonds is 2. The molecule has 0 aromatic carbocycles. The van der Waals surface area contributed by atoms with Crippen molar-refractivity contribution in [3.63, 3.8) is 0 Å². The van der Waals surface area contributed by atoms with Crippen LogP contribution >= 0.6 is 12.6 Å². The molecule has 0 aromatic heterocycles. The van der Waals surface area contributed by atoms with E-state index in [1.54, 1.807) is 11.5 Å². The van der Waals surface area contributed by atoms with Crippen LogP contribution in [-0.4, -0.2) is 0 Å². The molecule has 0 aliphatic carbocycles. The van der Waals surface area contributed by atoms with Crippen molar-refractivity contribution in [2.45, 2.75) is 48.0 Å². The van der Waals surface area contributed by atoms with Crippen molar-refractivity contribution in [3.8, 4) is 0 Å². The fourth-order valence-corrected chi connectivity index (χ4v) is 0.552. The first-order chi connectivity index (χ1) is 6.74. The Balaban J connectivity index is -0.0000000617. The van der Waals surface area contributed by atoms with E-state index in [0.717, 1.165) is 12.8 Å². The Labute approximate surface area is 103 Å². The molecule has 0 spiro atoms. The standard InChI is InChI=1S/C6H10.C4H8S.C3H6.CH4/c1-3-5-6-4-2;1-2-3-4-5;1-3-2;/h3,6H,4H2,1-2H3;3-5H,2H2,1H3;3H,1H2,2H3;1H4. The van der Waals surface area contributed by atoms with Crippen molar-refractivity contribution in [1.82, 2.24) is 0 Å². The van der Waals surface area contributed by atoms with Gasteiger partial charge in [0.15, 0.2) is 0 Å². The maximum Gasteiger partial charge on any atom is -0.0303 e. The van der Waals surface area contributed by atoms with Crippen LogP contribution in [0.2, 0.25) is 0 Å². The molecule has 0 heterocycles. The van der Waals surface area contributed by atoms with Gasteiger partial charge in [0.2, 0.25) is 0 Å².